The second-order valence-corrected chi connectivity index (χ2v) is 13.3. The van der Waals surface area contributed by atoms with Crippen molar-refractivity contribution in [2.45, 2.75) is 64.8 Å². The van der Waals surface area contributed by atoms with Crippen LogP contribution in [0.15, 0.2) is 23.0 Å². The highest BCUT2D eigenvalue weighted by atomic mass is 16.7. The van der Waals surface area contributed by atoms with Crippen molar-refractivity contribution in [1.82, 2.24) is 25.1 Å². The van der Waals surface area contributed by atoms with Gasteiger partial charge in [0.25, 0.3) is 5.56 Å². The van der Waals surface area contributed by atoms with Gasteiger partial charge in [-0.3, -0.25) is 28.9 Å². The van der Waals surface area contributed by atoms with Gasteiger partial charge in [-0.1, -0.05) is 13.8 Å². The number of pyridine rings is 2. The summed E-state index contributed by atoms with van der Waals surface area (Å²) in [6.45, 7) is 4.28. The van der Waals surface area contributed by atoms with Gasteiger partial charge in [-0.2, -0.15) is 0 Å². The zero-order chi connectivity index (χ0) is 36.7. The smallest absolute Gasteiger partial charge is 0.343 e. The van der Waals surface area contributed by atoms with Gasteiger partial charge in [-0.15, -0.1) is 0 Å². The largest absolute Gasteiger partial charge is 0.458 e. The molecule has 7 rings (SSSR count). The first-order valence-corrected chi connectivity index (χ1v) is 17.3. The Kier molecular flexibility index (Phi) is 9.54. The first kappa shape index (κ1) is 35.2. The number of nitrogens with one attached hydrogen (secondary N) is 2. The van der Waals surface area contributed by atoms with E-state index in [4.69, 9.17) is 23.9 Å². The third kappa shape index (κ3) is 6.30. The Labute approximate surface area is 297 Å². The molecule has 274 valence electrons. The maximum atomic E-state index is 13.7. The van der Waals surface area contributed by atoms with Crippen LogP contribution in [0, 0.1) is 5.92 Å². The van der Waals surface area contributed by atoms with Crippen molar-refractivity contribution in [2.75, 3.05) is 39.6 Å². The highest BCUT2D eigenvalue weighted by Gasteiger charge is 2.45. The van der Waals surface area contributed by atoms with Crippen molar-refractivity contribution in [3.8, 4) is 22.9 Å². The van der Waals surface area contributed by atoms with E-state index in [0.717, 1.165) is 21.4 Å². The molecule has 3 amide bonds. The Hall–Kier alpha value is -5.19. The molecule has 6 heterocycles. The molecule has 4 aliphatic heterocycles. The summed E-state index contributed by atoms with van der Waals surface area (Å²) in [7, 11) is 0. The lowest BCUT2D eigenvalue weighted by Crippen LogP contribution is -2.44. The van der Waals surface area contributed by atoms with Crippen LogP contribution in [0.3, 0.4) is 0 Å². The van der Waals surface area contributed by atoms with Gasteiger partial charge >= 0.3 is 5.97 Å². The van der Waals surface area contributed by atoms with Crippen LogP contribution in [0.5, 0.6) is 11.5 Å². The van der Waals surface area contributed by atoms with Crippen LogP contribution in [-0.4, -0.2) is 88.7 Å². The molecule has 0 saturated carbocycles. The van der Waals surface area contributed by atoms with Crippen molar-refractivity contribution >= 4 is 40.4 Å². The quantitative estimate of drug-likeness (QED) is 0.0939. The molecule has 2 atom stereocenters. The number of carbonyl (C=O) groups is 5. The monoisotopic (exact) mass is 717 g/mol. The predicted molar refractivity (Wildman–Crippen MR) is 181 cm³/mol. The zero-order valence-corrected chi connectivity index (χ0v) is 28.9. The molecule has 0 spiro atoms. The molecule has 52 heavy (non-hydrogen) atoms. The molecule has 2 aromatic heterocycles. The van der Waals surface area contributed by atoms with Gasteiger partial charge in [0.1, 0.15) is 12.4 Å². The van der Waals surface area contributed by atoms with Crippen LogP contribution in [0.2, 0.25) is 0 Å². The number of nitrogens with zero attached hydrogens (tertiary/aromatic N) is 3. The van der Waals surface area contributed by atoms with Gasteiger partial charge in [0.2, 0.25) is 24.5 Å². The second-order valence-electron chi connectivity index (χ2n) is 13.3. The Morgan fingerprint density at radius 1 is 1.06 bits per heavy atom. The minimum absolute atomic E-state index is 0.0106. The number of aliphatic hydroxyl groups is 1. The van der Waals surface area contributed by atoms with E-state index >= 15 is 0 Å². The first-order chi connectivity index (χ1) is 25.0. The molecule has 1 unspecified atom stereocenters. The van der Waals surface area contributed by atoms with E-state index in [1.54, 1.807) is 30.5 Å². The normalized spacial score (nSPS) is 19.9. The number of likely N-dealkylation sites (tertiary alicyclic amines) is 1. The fourth-order valence-electron chi connectivity index (χ4n) is 7.10. The van der Waals surface area contributed by atoms with Crippen molar-refractivity contribution in [3.05, 3.63) is 50.8 Å². The number of amides is 3. The number of benzene rings is 1. The maximum Gasteiger partial charge on any atom is 0.343 e. The number of imide groups is 1. The van der Waals surface area contributed by atoms with Crippen LogP contribution in [-0.2, 0) is 58.7 Å². The summed E-state index contributed by atoms with van der Waals surface area (Å²) in [5, 5.41) is 17.9. The molecule has 4 aliphatic rings. The summed E-state index contributed by atoms with van der Waals surface area (Å²) in [6.07, 6.45) is 0.348. The van der Waals surface area contributed by atoms with E-state index < -0.39 is 11.6 Å². The number of ketones is 1. The first-order valence-electron chi connectivity index (χ1n) is 17.3. The number of carbonyl (C=O) groups excluding carboxylic acids is 5. The molecule has 16 heteroatoms. The van der Waals surface area contributed by atoms with Crippen LogP contribution in [0.1, 0.15) is 61.8 Å². The van der Waals surface area contributed by atoms with E-state index in [0.29, 0.717) is 28.4 Å². The number of ether oxygens (including phenoxy) is 4. The fraction of sp³-hybridized carbons (Fsp3) is 0.472. The summed E-state index contributed by atoms with van der Waals surface area (Å²) in [4.78, 5) is 81.2. The molecule has 16 nitrogen and oxygen atoms in total. The molecular formula is C36H39N5O11. The van der Waals surface area contributed by atoms with Crippen molar-refractivity contribution in [2.24, 2.45) is 5.92 Å². The number of hydrogen-bond acceptors (Lipinski definition) is 13. The number of aromatic nitrogens is 2. The fourth-order valence-corrected chi connectivity index (χ4v) is 7.10. The van der Waals surface area contributed by atoms with Crippen molar-refractivity contribution in [3.63, 3.8) is 0 Å². The topological polar surface area (TPSA) is 205 Å². The molecule has 0 bridgehead atoms. The zero-order valence-electron chi connectivity index (χ0n) is 28.9. The number of hydrogen-bond donors (Lipinski definition) is 3. The molecule has 3 aromatic rings. The third-order valence-electron chi connectivity index (χ3n) is 10.0. The number of cyclic esters (lactones) is 1. The molecule has 0 radical (unpaired) electrons. The Balaban J connectivity index is 0.976. The van der Waals surface area contributed by atoms with Crippen LogP contribution < -0.4 is 25.7 Å². The Bertz CT molecular complexity index is 2080. The van der Waals surface area contributed by atoms with Gasteiger partial charge in [0.15, 0.2) is 17.1 Å². The van der Waals surface area contributed by atoms with E-state index in [9.17, 15) is 33.9 Å². The average Bonchev–Trinajstić information content (AvgIpc) is 3.81. The Morgan fingerprint density at radius 2 is 1.85 bits per heavy atom. The lowest BCUT2D eigenvalue weighted by atomic mass is 9.86. The van der Waals surface area contributed by atoms with Crippen molar-refractivity contribution in [1.29, 1.82) is 0 Å². The summed E-state index contributed by atoms with van der Waals surface area (Å²) in [5.74, 6) is -0.983. The number of fused-ring (bicyclic) bond motifs is 6. The summed E-state index contributed by atoms with van der Waals surface area (Å²) in [6, 6.07) is 5.26. The van der Waals surface area contributed by atoms with Gasteiger partial charge in [0.05, 0.1) is 48.8 Å². The van der Waals surface area contributed by atoms with Crippen molar-refractivity contribution < 1.29 is 48.0 Å². The molecule has 1 fully saturated rings. The number of rotatable bonds is 14. The number of esters is 1. The molecule has 3 N–H and O–H groups in total. The molecule has 0 aliphatic carbocycles. The van der Waals surface area contributed by atoms with Crippen LogP contribution in [0.25, 0.3) is 22.3 Å². The molecular weight excluding hydrogens is 678 g/mol. The lowest BCUT2D eigenvalue weighted by molar-refractivity contribution is -0.172. The second kappa shape index (κ2) is 14.1. The van der Waals surface area contributed by atoms with E-state index in [1.165, 1.54) is 0 Å². The van der Waals surface area contributed by atoms with Crippen LogP contribution in [0.4, 0.5) is 0 Å². The van der Waals surface area contributed by atoms with Crippen LogP contribution >= 0.6 is 0 Å². The summed E-state index contributed by atoms with van der Waals surface area (Å²) in [5.41, 5.74) is 1.28. The summed E-state index contributed by atoms with van der Waals surface area (Å²) < 4.78 is 23.5. The highest BCUT2D eigenvalue weighted by Crippen LogP contribution is 2.43. The van der Waals surface area contributed by atoms with E-state index in [1.807, 2.05) is 6.07 Å². The molecule has 1 saturated heterocycles. The minimum Gasteiger partial charge on any atom is -0.458 e. The lowest BCUT2D eigenvalue weighted by Gasteiger charge is -2.31. The maximum absolute atomic E-state index is 13.7. The van der Waals surface area contributed by atoms with Gasteiger partial charge in [-0.25, -0.2) is 9.78 Å². The predicted octanol–water partition coefficient (Wildman–Crippen LogP) is 0.775. The third-order valence-corrected chi connectivity index (χ3v) is 10.0. The number of Topliss-reactive ketones (excluding diaryl/α,β-unsaturated/α-hetero) is 1. The minimum atomic E-state index is -1.95. The highest BCUT2D eigenvalue weighted by molar-refractivity contribution is 6.03. The SMILES string of the molecule is CC[C@@]1(O)C(=O)OCc2c1cc1n(c2=O)Cc2c-1nc1cc3c(cc1c2CNCC(=O)CCOCCNC(=O)CCN1C(=O)CC(C)C1=O)OCO3. The standard InChI is InChI=1S/C36H39N5O11/c1-3-36(48)25-12-27-32-23(16-41(27)34(46)24(25)17-50-35(36)47)22(21-11-28-29(52-18-51-28)13-26(21)39-32)15-37-14-20(42)5-8-49-9-6-38-30(43)4-7-40-31(44)10-19(2)33(40)45/h11-13,19,37,48H,3-10,14-18H2,1-2H3,(H,38,43)/t19?,36-/m0/s1. The summed E-state index contributed by atoms with van der Waals surface area (Å²) >= 11 is 0. The average molecular weight is 718 g/mol. The molecule has 1 aromatic carbocycles. The Morgan fingerprint density at radius 3 is 2.60 bits per heavy atom. The van der Waals surface area contributed by atoms with Gasteiger partial charge in [0, 0.05) is 67.4 Å². The van der Waals surface area contributed by atoms with Gasteiger partial charge in [-0.05, 0) is 24.1 Å². The van der Waals surface area contributed by atoms with E-state index in [2.05, 4.69) is 10.6 Å². The van der Waals surface area contributed by atoms with Gasteiger partial charge < -0.3 is 39.3 Å². The van der Waals surface area contributed by atoms with E-state index in [-0.39, 0.29) is 131 Å².